The number of carboxylic acids is 1. The van der Waals surface area contributed by atoms with E-state index in [1.54, 1.807) is 29.0 Å². The maximum Gasteiger partial charge on any atom is 0.305 e. The van der Waals surface area contributed by atoms with Gasteiger partial charge in [-0.15, -0.1) is 0 Å². The number of pyridine rings is 1. The maximum atomic E-state index is 13.0. The van der Waals surface area contributed by atoms with E-state index >= 15 is 0 Å². The summed E-state index contributed by atoms with van der Waals surface area (Å²) in [5.74, 6) is 0.112. The molecule has 8 nitrogen and oxygen atoms in total. The third-order valence-electron chi connectivity index (χ3n) is 6.14. The van der Waals surface area contributed by atoms with Gasteiger partial charge in [-0.3, -0.25) is 14.3 Å². The van der Waals surface area contributed by atoms with Gasteiger partial charge < -0.3 is 15.3 Å². The molecule has 2 atom stereocenters. The summed E-state index contributed by atoms with van der Waals surface area (Å²) >= 11 is 0. The molecule has 4 heterocycles. The van der Waals surface area contributed by atoms with Crippen LogP contribution in [0.1, 0.15) is 55.0 Å². The van der Waals surface area contributed by atoms with E-state index in [1.807, 2.05) is 0 Å². The third-order valence-corrected chi connectivity index (χ3v) is 6.14. The van der Waals surface area contributed by atoms with Crippen LogP contribution in [0.4, 0.5) is 5.82 Å². The average Bonchev–Trinajstić information content (AvgIpc) is 3.32. The Labute approximate surface area is 176 Å². The Morgan fingerprint density at radius 1 is 1.40 bits per heavy atom. The van der Waals surface area contributed by atoms with Gasteiger partial charge in [-0.25, -0.2) is 4.98 Å². The number of hydrogen-bond donors (Lipinski definition) is 2. The third kappa shape index (κ3) is 4.47. The first-order valence-corrected chi connectivity index (χ1v) is 10.7. The van der Waals surface area contributed by atoms with Gasteiger partial charge in [-0.1, -0.05) is 6.07 Å². The normalized spacial score (nSPS) is 19.4. The molecule has 30 heavy (non-hydrogen) atoms. The van der Waals surface area contributed by atoms with Crippen LogP contribution in [0.3, 0.4) is 0 Å². The molecule has 4 rings (SSSR count). The van der Waals surface area contributed by atoms with Crippen LogP contribution in [-0.2, 0) is 29.5 Å². The van der Waals surface area contributed by atoms with E-state index in [4.69, 9.17) is 4.98 Å². The van der Waals surface area contributed by atoms with E-state index in [1.165, 1.54) is 5.56 Å². The molecule has 1 amide bonds. The van der Waals surface area contributed by atoms with Gasteiger partial charge >= 0.3 is 5.97 Å². The molecule has 2 N–H and O–H groups in total. The number of rotatable bonds is 8. The monoisotopic (exact) mass is 411 g/mol. The second-order valence-corrected chi connectivity index (χ2v) is 8.31. The Balaban J connectivity index is 1.35. The van der Waals surface area contributed by atoms with Crippen LogP contribution in [0, 0.1) is 5.92 Å². The van der Waals surface area contributed by atoms with Crippen molar-refractivity contribution in [3.05, 3.63) is 41.3 Å². The molecule has 0 radical (unpaired) electrons. The molecule has 1 saturated heterocycles. The minimum absolute atomic E-state index is 0.0475. The van der Waals surface area contributed by atoms with Crippen molar-refractivity contribution < 1.29 is 14.7 Å². The summed E-state index contributed by atoms with van der Waals surface area (Å²) in [6.07, 6.45) is 8.89. The van der Waals surface area contributed by atoms with Crippen LogP contribution in [-0.4, -0.2) is 49.7 Å². The zero-order valence-corrected chi connectivity index (χ0v) is 17.4. The molecule has 160 valence electrons. The molecule has 0 saturated carbocycles. The number of amides is 1. The predicted octanol–water partition coefficient (Wildman–Crippen LogP) is 2.56. The minimum atomic E-state index is -0.910. The number of hydrogen-bond acceptors (Lipinski definition) is 5. The Morgan fingerprint density at radius 2 is 2.27 bits per heavy atom. The molecule has 8 heteroatoms. The summed E-state index contributed by atoms with van der Waals surface area (Å²) in [6, 6.07) is 3.80. The number of anilines is 1. The molecule has 0 aliphatic carbocycles. The number of carbonyl (C=O) groups is 2. The molecule has 2 unspecified atom stereocenters. The number of likely N-dealkylation sites (tertiary alicyclic amines) is 1. The van der Waals surface area contributed by atoms with E-state index < -0.39 is 12.0 Å². The molecule has 0 bridgehead atoms. The SMILES string of the molecule is Cn1cc(C(CC(=O)O)N2CCC(CCCc3ccc4c(n3)NCCC4)C2=O)cn1. The summed E-state index contributed by atoms with van der Waals surface area (Å²) in [5.41, 5.74) is 3.12. The van der Waals surface area contributed by atoms with Crippen molar-refractivity contribution in [3.63, 3.8) is 0 Å². The number of fused-ring (bicyclic) bond motifs is 1. The molecule has 2 aromatic heterocycles. The highest BCUT2D eigenvalue weighted by Gasteiger charge is 2.37. The molecular formula is C22H29N5O3. The number of aryl methyl sites for hydroxylation is 3. The van der Waals surface area contributed by atoms with E-state index in [0.29, 0.717) is 6.54 Å². The van der Waals surface area contributed by atoms with Crippen molar-refractivity contribution in [3.8, 4) is 0 Å². The zero-order chi connectivity index (χ0) is 21.1. The van der Waals surface area contributed by atoms with E-state index in [-0.39, 0.29) is 18.2 Å². The fourth-order valence-corrected chi connectivity index (χ4v) is 4.56. The topological polar surface area (TPSA) is 100 Å². The quantitative estimate of drug-likeness (QED) is 0.692. The molecule has 0 aromatic carbocycles. The molecule has 2 aromatic rings. The zero-order valence-electron chi connectivity index (χ0n) is 17.4. The van der Waals surface area contributed by atoms with Crippen LogP contribution >= 0.6 is 0 Å². The second-order valence-electron chi connectivity index (χ2n) is 8.31. The van der Waals surface area contributed by atoms with Crippen LogP contribution < -0.4 is 5.32 Å². The molecule has 2 aliphatic heterocycles. The smallest absolute Gasteiger partial charge is 0.305 e. The van der Waals surface area contributed by atoms with Gasteiger partial charge in [-0.2, -0.15) is 5.10 Å². The highest BCUT2D eigenvalue weighted by molar-refractivity contribution is 5.82. The molecule has 1 fully saturated rings. The largest absolute Gasteiger partial charge is 0.481 e. The first-order chi connectivity index (χ1) is 14.5. The Bertz CT molecular complexity index is 925. The summed E-state index contributed by atoms with van der Waals surface area (Å²) < 4.78 is 1.64. The number of carbonyl (C=O) groups excluding carboxylic acids is 1. The van der Waals surface area contributed by atoms with Crippen molar-refractivity contribution in [1.29, 1.82) is 0 Å². The summed E-state index contributed by atoms with van der Waals surface area (Å²) in [7, 11) is 1.79. The number of nitrogens with zero attached hydrogens (tertiary/aromatic N) is 4. The molecule has 2 aliphatic rings. The van der Waals surface area contributed by atoms with Gasteiger partial charge in [-0.05, 0) is 50.2 Å². The van der Waals surface area contributed by atoms with Crippen molar-refractivity contribution in [2.75, 3.05) is 18.4 Å². The lowest BCUT2D eigenvalue weighted by Crippen LogP contribution is -2.33. The lowest BCUT2D eigenvalue weighted by atomic mass is 9.99. The first kappa shape index (κ1) is 20.4. The van der Waals surface area contributed by atoms with Crippen molar-refractivity contribution in [1.82, 2.24) is 19.7 Å². The van der Waals surface area contributed by atoms with Crippen LogP contribution in [0.25, 0.3) is 0 Å². The van der Waals surface area contributed by atoms with Crippen LogP contribution in [0.5, 0.6) is 0 Å². The second kappa shape index (κ2) is 8.85. The average molecular weight is 412 g/mol. The standard InChI is InChI=1S/C22H29N5O3/c1-26-14-17(13-24-26)19(12-20(28)29)27-11-9-16(22(27)30)4-2-6-18-8-7-15-5-3-10-23-21(15)25-18/h7-8,13-14,16,19H,2-6,9-12H2,1H3,(H,23,25)(H,28,29). The summed E-state index contributed by atoms with van der Waals surface area (Å²) in [5, 5.41) is 16.9. The fraction of sp³-hybridized carbons (Fsp3) is 0.545. The fourth-order valence-electron chi connectivity index (χ4n) is 4.56. The van der Waals surface area contributed by atoms with E-state index in [0.717, 1.165) is 62.1 Å². The first-order valence-electron chi connectivity index (χ1n) is 10.7. The number of nitrogens with one attached hydrogen (secondary N) is 1. The number of carboxylic acid groups (broad SMARTS) is 1. The van der Waals surface area contributed by atoms with Crippen molar-refractivity contribution in [2.24, 2.45) is 13.0 Å². The summed E-state index contributed by atoms with van der Waals surface area (Å²) in [6.45, 7) is 1.57. The Kier molecular flexibility index (Phi) is 6.01. The van der Waals surface area contributed by atoms with Gasteiger partial charge in [0, 0.05) is 43.5 Å². The number of aromatic nitrogens is 3. The predicted molar refractivity (Wildman–Crippen MR) is 112 cm³/mol. The minimum Gasteiger partial charge on any atom is -0.481 e. The highest BCUT2D eigenvalue weighted by Crippen LogP contribution is 2.33. The van der Waals surface area contributed by atoms with Crippen molar-refractivity contribution in [2.45, 2.75) is 51.0 Å². The van der Waals surface area contributed by atoms with E-state index in [9.17, 15) is 14.7 Å². The highest BCUT2D eigenvalue weighted by atomic mass is 16.4. The van der Waals surface area contributed by atoms with Gasteiger partial charge in [0.15, 0.2) is 0 Å². The van der Waals surface area contributed by atoms with Gasteiger partial charge in [0.1, 0.15) is 5.82 Å². The lowest BCUT2D eigenvalue weighted by molar-refractivity contribution is -0.140. The maximum absolute atomic E-state index is 13.0. The van der Waals surface area contributed by atoms with Crippen LogP contribution in [0.15, 0.2) is 24.5 Å². The Hall–Kier alpha value is -2.90. The summed E-state index contributed by atoms with van der Waals surface area (Å²) in [4.78, 5) is 30.9. The Morgan fingerprint density at radius 3 is 3.03 bits per heavy atom. The number of aliphatic carboxylic acids is 1. The van der Waals surface area contributed by atoms with E-state index in [2.05, 4.69) is 22.5 Å². The van der Waals surface area contributed by atoms with Crippen molar-refractivity contribution >= 4 is 17.7 Å². The van der Waals surface area contributed by atoms with Gasteiger partial charge in [0.2, 0.25) is 5.91 Å². The van der Waals surface area contributed by atoms with Crippen LogP contribution in [0.2, 0.25) is 0 Å². The lowest BCUT2D eigenvalue weighted by Gasteiger charge is -2.26. The van der Waals surface area contributed by atoms with Gasteiger partial charge in [0.25, 0.3) is 0 Å². The van der Waals surface area contributed by atoms with Gasteiger partial charge in [0.05, 0.1) is 18.7 Å². The molecular weight excluding hydrogens is 382 g/mol. The molecule has 0 spiro atoms.